The molecule has 0 spiro atoms. The predicted octanol–water partition coefficient (Wildman–Crippen LogP) is 1.46. The van der Waals surface area contributed by atoms with Gasteiger partial charge >= 0.3 is 6.09 Å². The molecule has 0 unspecified atom stereocenters. The number of nitrogens with one attached hydrogen (secondary N) is 1. The van der Waals surface area contributed by atoms with E-state index in [1.165, 1.54) is 12.8 Å². The highest BCUT2D eigenvalue weighted by atomic mass is 16.6. The van der Waals surface area contributed by atoms with E-state index in [9.17, 15) is 4.79 Å². The van der Waals surface area contributed by atoms with Crippen LogP contribution in [0.4, 0.5) is 4.79 Å². The van der Waals surface area contributed by atoms with Crippen molar-refractivity contribution >= 4 is 6.09 Å². The summed E-state index contributed by atoms with van der Waals surface area (Å²) in [6.07, 6.45) is 2.32. The van der Waals surface area contributed by atoms with Crippen LogP contribution in [0.3, 0.4) is 0 Å². The number of ether oxygens (including phenoxy) is 1. The number of cyclic esters (lactones) is 1. The highest BCUT2D eigenvalue weighted by molar-refractivity contribution is 5.69. The number of likely N-dealkylation sites (tertiary alicyclic amines) is 1. The number of piperidine rings is 1. The molecule has 1 amide bonds. The molecule has 0 aliphatic carbocycles. The van der Waals surface area contributed by atoms with Gasteiger partial charge in [-0.2, -0.15) is 0 Å². The second kappa shape index (κ2) is 5.04. The SMILES string of the molecule is CC(C)C1CCN(C[C@@H]2COC(=O)N2)CC1. The minimum Gasteiger partial charge on any atom is -0.447 e. The number of hydrogen-bond donors (Lipinski definition) is 1. The van der Waals surface area contributed by atoms with E-state index in [1.54, 1.807) is 0 Å². The molecule has 2 fully saturated rings. The molecule has 1 atom stereocenters. The number of carbonyl (C=O) groups excluding carboxylic acids is 1. The Kier molecular flexibility index (Phi) is 3.69. The Hall–Kier alpha value is -0.770. The van der Waals surface area contributed by atoms with Gasteiger partial charge in [-0.05, 0) is 37.8 Å². The number of hydrogen-bond acceptors (Lipinski definition) is 3. The summed E-state index contributed by atoms with van der Waals surface area (Å²) in [6.45, 7) is 8.42. The summed E-state index contributed by atoms with van der Waals surface area (Å²) in [4.78, 5) is 13.3. The highest BCUT2D eigenvalue weighted by Crippen LogP contribution is 2.24. The van der Waals surface area contributed by atoms with Crippen molar-refractivity contribution in [2.45, 2.75) is 32.7 Å². The van der Waals surface area contributed by atoms with Gasteiger partial charge in [-0.15, -0.1) is 0 Å². The van der Waals surface area contributed by atoms with E-state index < -0.39 is 0 Å². The number of amides is 1. The maximum atomic E-state index is 10.9. The van der Waals surface area contributed by atoms with Crippen molar-refractivity contribution in [2.24, 2.45) is 11.8 Å². The Bertz CT molecular complexity index is 247. The average Bonchev–Trinajstić information content (AvgIpc) is 2.65. The lowest BCUT2D eigenvalue weighted by Crippen LogP contribution is -2.43. The molecule has 92 valence electrons. The van der Waals surface area contributed by atoms with Gasteiger partial charge in [-0.3, -0.25) is 0 Å². The number of alkyl carbamates (subject to hydrolysis) is 1. The van der Waals surface area contributed by atoms with Crippen LogP contribution in [-0.4, -0.2) is 43.3 Å². The van der Waals surface area contributed by atoms with E-state index in [4.69, 9.17) is 4.74 Å². The summed E-state index contributed by atoms with van der Waals surface area (Å²) in [5, 5.41) is 2.83. The molecule has 0 bridgehead atoms. The monoisotopic (exact) mass is 226 g/mol. The van der Waals surface area contributed by atoms with E-state index in [2.05, 4.69) is 24.1 Å². The van der Waals surface area contributed by atoms with Crippen LogP contribution in [0.2, 0.25) is 0 Å². The molecule has 2 heterocycles. The highest BCUT2D eigenvalue weighted by Gasteiger charge is 2.27. The summed E-state index contributed by atoms with van der Waals surface area (Å²) < 4.78 is 4.89. The number of nitrogens with zero attached hydrogens (tertiary/aromatic N) is 1. The van der Waals surface area contributed by atoms with E-state index in [0.29, 0.717) is 6.61 Å². The van der Waals surface area contributed by atoms with Crippen LogP contribution < -0.4 is 5.32 Å². The lowest BCUT2D eigenvalue weighted by Gasteiger charge is -2.34. The van der Waals surface area contributed by atoms with Crippen molar-refractivity contribution in [3.63, 3.8) is 0 Å². The zero-order valence-electron chi connectivity index (χ0n) is 10.2. The molecule has 0 saturated carbocycles. The first-order chi connectivity index (χ1) is 7.65. The number of carbonyl (C=O) groups is 1. The summed E-state index contributed by atoms with van der Waals surface area (Å²) in [5.74, 6) is 1.68. The van der Waals surface area contributed by atoms with Crippen LogP contribution in [0, 0.1) is 11.8 Å². The molecule has 2 aliphatic heterocycles. The second-order valence-electron chi connectivity index (χ2n) is 5.32. The fourth-order valence-electron chi connectivity index (χ4n) is 2.64. The van der Waals surface area contributed by atoms with Gasteiger partial charge in [0, 0.05) is 6.54 Å². The molecule has 4 nitrogen and oxygen atoms in total. The Morgan fingerprint density at radius 2 is 2.12 bits per heavy atom. The molecule has 1 N–H and O–H groups in total. The van der Waals surface area contributed by atoms with Crippen molar-refractivity contribution in [1.82, 2.24) is 10.2 Å². The van der Waals surface area contributed by atoms with Gasteiger partial charge in [-0.25, -0.2) is 4.79 Å². The standard InChI is InChI=1S/C12H22N2O2/c1-9(2)10-3-5-14(6-4-10)7-11-8-16-12(15)13-11/h9-11H,3-8H2,1-2H3,(H,13,15)/t11-/m1/s1. The van der Waals surface area contributed by atoms with E-state index in [0.717, 1.165) is 31.5 Å². The summed E-state index contributed by atoms with van der Waals surface area (Å²) >= 11 is 0. The van der Waals surface area contributed by atoms with Gasteiger partial charge in [0.25, 0.3) is 0 Å². The predicted molar refractivity (Wildman–Crippen MR) is 62.3 cm³/mol. The van der Waals surface area contributed by atoms with E-state index in [-0.39, 0.29) is 12.1 Å². The molecule has 0 aromatic rings. The Morgan fingerprint density at radius 1 is 1.44 bits per heavy atom. The van der Waals surface area contributed by atoms with Gasteiger partial charge in [0.1, 0.15) is 6.61 Å². The van der Waals surface area contributed by atoms with Crippen molar-refractivity contribution in [3.05, 3.63) is 0 Å². The van der Waals surface area contributed by atoms with Crippen LogP contribution in [0.15, 0.2) is 0 Å². The van der Waals surface area contributed by atoms with E-state index in [1.807, 2.05) is 0 Å². The molecule has 0 aromatic carbocycles. The molecule has 2 rings (SSSR count). The third-order valence-electron chi connectivity index (χ3n) is 3.79. The zero-order valence-corrected chi connectivity index (χ0v) is 10.2. The van der Waals surface area contributed by atoms with Gasteiger partial charge < -0.3 is 15.0 Å². The second-order valence-corrected chi connectivity index (χ2v) is 5.32. The molecular weight excluding hydrogens is 204 g/mol. The topological polar surface area (TPSA) is 41.6 Å². The van der Waals surface area contributed by atoms with Gasteiger partial charge in [0.2, 0.25) is 0 Å². The van der Waals surface area contributed by atoms with E-state index >= 15 is 0 Å². The van der Waals surface area contributed by atoms with Crippen LogP contribution in [-0.2, 0) is 4.74 Å². The molecule has 0 aromatic heterocycles. The maximum absolute atomic E-state index is 10.9. The molecule has 16 heavy (non-hydrogen) atoms. The molecular formula is C12H22N2O2. The molecule has 2 saturated heterocycles. The zero-order chi connectivity index (χ0) is 11.5. The van der Waals surface area contributed by atoms with Crippen LogP contribution in [0.25, 0.3) is 0 Å². The normalized spacial score (nSPS) is 28.2. The quantitative estimate of drug-likeness (QED) is 0.792. The maximum Gasteiger partial charge on any atom is 0.407 e. The van der Waals surface area contributed by atoms with Crippen LogP contribution >= 0.6 is 0 Å². The minimum atomic E-state index is -0.262. The largest absolute Gasteiger partial charge is 0.447 e. The van der Waals surface area contributed by atoms with Crippen molar-refractivity contribution in [3.8, 4) is 0 Å². The minimum absolute atomic E-state index is 0.197. The Balaban J connectivity index is 1.71. The smallest absolute Gasteiger partial charge is 0.407 e. The third kappa shape index (κ3) is 2.88. The van der Waals surface area contributed by atoms with Crippen molar-refractivity contribution < 1.29 is 9.53 Å². The third-order valence-corrected chi connectivity index (χ3v) is 3.79. The van der Waals surface area contributed by atoms with Crippen molar-refractivity contribution in [2.75, 3.05) is 26.2 Å². The fraction of sp³-hybridized carbons (Fsp3) is 0.917. The summed E-state index contributed by atoms with van der Waals surface area (Å²) in [5.41, 5.74) is 0. The Morgan fingerprint density at radius 3 is 2.62 bits per heavy atom. The van der Waals surface area contributed by atoms with Gasteiger partial charge in [0.05, 0.1) is 6.04 Å². The van der Waals surface area contributed by atoms with Crippen LogP contribution in [0.5, 0.6) is 0 Å². The molecule has 0 radical (unpaired) electrons. The Labute approximate surface area is 97.3 Å². The average molecular weight is 226 g/mol. The molecule has 4 heteroatoms. The summed E-state index contributed by atoms with van der Waals surface area (Å²) in [7, 11) is 0. The van der Waals surface area contributed by atoms with Gasteiger partial charge in [0.15, 0.2) is 0 Å². The first-order valence-electron chi connectivity index (χ1n) is 6.31. The number of rotatable bonds is 3. The van der Waals surface area contributed by atoms with Crippen LogP contribution in [0.1, 0.15) is 26.7 Å². The fourth-order valence-corrected chi connectivity index (χ4v) is 2.64. The first-order valence-corrected chi connectivity index (χ1v) is 6.31. The molecule has 2 aliphatic rings. The lowest BCUT2D eigenvalue weighted by molar-refractivity contribution is 0.143. The van der Waals surface area contributed by atoms with Crippen molar-refractivity contribution in [1.29, 1.82) is 0 Å². The first kappa shape index (κ1) is 11.7. The lowest BCUT2D eigenvalue weighted by atomic mass is 9.86. The van der Waals surface area contributed by atoms with Gasteiger partial charge in [-0.1, -0.05) is 13.8 Å². The summed E-state index contributed by atoms with van der Waals surface area (Å²) in [6, 6.07) is 0.197.